The van der Waals surface area contributed by atoms with E-state index in [0.717, 1.165) is 0 Å². The van der Waals surface area contributed by atoms with Crippen molar-refractivity contribution >= 4 is 0 Å². The molecule has 0 heterocycles. The maximum absolute atomic E-state index is 2.89. The van der Waals surface area contributed by atoms with E-state index in [1.54, 1.807) is 0 Å². The number of hydrogen-bond acceptors (Lipinski definition) is 0. The van der Waals surface area contributed by atoms with Crippen LogP contribution in [0.2, 0.25) is 0 Å². The summed E-state index contributed by atoms with van der Waals surface area (Å²) in [6.45, 7) is 0. The third kappa shape index (κ3) is 17.7. The van der Waals surface area contributed by atoms with Crippen LogP contribution in [0, 0.1) is 6.07 Å². The van der Waals surface area contributed by atoms with Gasteiger partial charge in [-0.05, 0) is 0 Å². The van der Waals surface area contributed by atoms with Gasteiger partial charge in [-0.25, -0.2) is 0 Å². The Hall–Kier alpha value is -0.421. The predicted molar refractivity (Wildman–Crippen MR) is 39.7 cm³/mol. The molecule has 0 aliphatic heterocycles. The molecule has 4 nitrogen and oxygen atoms in total. The van der Waals surface area contributed by atoms with Gasteiger partial charge in [0, 0.05) is 0 Å². The first-order valence-electron chi connectivity index (χ1n) is 1.91. The third-order valence-electron chi connectivity index (χ3n) is 0.607. The van der Waals surface area contributed by atoms with Crippen molar-refractivity contribution in [2.75, 3.05) is 0 Å². The molecule has 1 rings (SSSR count). The Bertz CT molecular complexity index is 86.5. The summed E-state index contributed by atoms with van der Waals surface area (Å²) in [7, 11) is 0. The molecule has 0 fully saturated rings. The molecule has 0 unspecified atom stereocenters. The molecule has 1 aromatic rings. The maximum atomic E-state index is 2.89. The van der Waals surface area contributed by atoms with Crippen LogP contribution >= 0.6 is 0 Å². The molecule has 11 heavy (non-hydrogen) atoms. The summed E-state index contributed by atoms with van der Waals surface area (Å²) in [6.07, 6.45) is 0. The SMILES string of the molecule is O.O.O.O.[Cu+].[c-]1ccccc1. The Morgan fingerprint density at radius 1 is 0.636 bits per heavy atom. The van der Waals surface area contributed by atoms with Gasteiger partial charge in [0.1, 0.15) is 0 Å². The quantitative estimate of drug-likeness (QED) is 0.355. The van der Waals surface area contributed by atoms with Gasteiger partial charge in [0.05, 0.1) is 0 Å². The zero-order chi connectivity index (χ0) is 4.24. The first-order valence-corrected chi connectivity index (χ1v) is 1.91. The Kier molecular flexibility index (Phi) is 64.2. The van der Waals surface area contributed by atoms with Crippen molar-refractivity contribution in [3.05, 3.63) is 36.4 Å². The van der Waals surface area contributed by atoms with Crippen molar-refractivity contribution in [2.24, 2.45) is 0 Å². The van der Waals surface area contributed by atoms with E-state index < -0.39 is 0 Å². The Morgan fingerprint density at radius 2 is 1.00 bits per heavy atom. The van der Waals surface area contributed by atoms with Crippen molar-refractivity contribution in [1.29, 1.82) is 0 Å². The molecule has 0 aliphatic rings. The minimum absolute atomic E-state index is 0. The first kappa shape index (κ1) is 31.2. The molecule has 1 aromatic carbocycles. The fraction of sp³-hybridized carbons (Fsp3) is 0. The summed E-state index contributed by atoms with van der Waals surface area (Å²) in [5.41, 5.74) is 0. The second-order valence-corrected chi connectivity index (χ2v) is 1.08. The van der Waals surface area contributed by atoms with E-state index in [1.807, 2.05) is 30.3 Å². The van der Waals surface area contributed by atoms with Gasteiger partial charge in [-0.2, -0.15) is 36.4 Å². The van der Waals surface area contributed by atoms with E-state index in [2.05, 4.69) is 6.07 Å². The molecule has 8 N–H and O–H groups in total. The summed E-state index contributed by atoms with van der Waals surface area (Å²) in [4.78, 5) is 0. The van der Waals surface area contributed by atoms with Crippen molar-refractivity contribution < 1.29 is 39.0 Å². The van der Waals surface area contributed by atoms with Crippen molar-refractivity contribution in [3.63, 3.8) is 0 Å². The smallest absolute Gasteiger partial charge is 0.412 e. The summed E-state index contributed by atoms with van der Waals surface area (Å²) < 4.78 is 0. The molecular weight excluding hydrogens is 200 g/mol. The molecule has 0 spiro atoms. The Labute approximate surface area is 76.0 Å². The molecule has 0 saturated heterocycles. The standard InChI is InChI=1S/C6H5.Cu.4H2O/c1-2-4-6-5-3-1;;;;;/h1-5H;;4*1H2/q-1;+1;;;;. The molecule has 5 heteroatoms. The first-order chi connectivity index (χ1) is 3.00. The van der Waals surface area contributed by atoms with E-state index in [1.165, 1.54) is 0 Å². The largest absolute Gasteiger partial charge is 1.00 e. The summed E-state index contributed by atoms with van der Waals surface area (Å²) in [5, 5.41) is 0. The monoisotopic (exact) mass is 212 g/mol. The topological polar surface area (TPSA) is 126 Å². The maximum Gasteiger partial charge on any atom is 1.00 e. The van der Waals surface area contributed by atoms with Gasteiger partial charge < -0.3 is 21.9 Å². The Balaban J connectivity index is -0.0000000240. The molecule has 0 aromatic heterocycles. The number of hydrogen-bond donors (Lipinski definition) is 0. The van der Waals surface area contributed by atoms with Crippen LogP contribution in [0.3, 0.4) is 0 Å². The minimum atomic E-state index is 0. The molecule has 0 aliphatic carbocycles. The van der Waals surface area contributed by atoms with Crippen molar-refractivity contribution in [1.82, 2.24) is 0 Å². The summed E-state index contributed by atoms with van der Waals surface area (Å²) in [6, 6.07) is 12.5. The zero-order valence-electron chi connectivity index (χ0n) is 5.69. The van der Waals surface area contributed by atoms with Crippen LogP contribution in [0.5, 0.6) is 0 Å². The van der Waals surface area contributed by atoms with Crippen LogP contribution in [0.4, 0.5) is 0 Å². The van der Waals surface area contributed by atoms with Crippen LogP contribution in [0.25, 0.3) is 0 Å². The zero-order valence-corrected chi connectivity index (χ0v) is 6.63. The second kappa shape index (κ2) is 22.7. The van der Waals surface area contributed by atoms with Crippen LogP contribution in [0.1, 0.15) is 0 Å². The average molecular weight is 213 g/mol. The van der Waals surface area contributed by atoms with E-state index in [-0.39, 0.29) is 39.0 Å². The number of rotatable bonds is 0. The van der Waals surface area contributed by atoms with Gasteiger partial charge in [0.2, 0.25) is 0 Å². The molecule has 0 amide bonds. The Morgan fingerprint density at radius 3 is 1.09 bits per heavy atom. The molecular formula is C6H13CuO4. The summed E-state index contributed by atoms with van der Waals surface area (Å²) >= 11 is 0. The van der Waals surface area contributed by atoms with E-state index in [4.69, 9.17) is 0 Å². The van der Waals surface area contributed by atoms with Gasteiger partial charge in [-0.1, -0.05) is 0 Å². The molecule has 72 valence electrons. The van der Waals surface area contributed by atoms with Crippen LogP contribution in [-0.2, 0) is 17.1 Å². The third-order valence-corrected chi connectivity index (χ3v) is 0.607. The van der Waals surface area contributed by atoms with Crippen LogP contribution in [0.15, 0.2) is 30.3 Å². The van der Waals surface area contributed by atoms with Crippen LogP contribution in [-0.4, -0.2) is 21.9 Å². The van der Waals surface area contributed by atoms with Gasteiger partial charge in [0.15, 0.2) is 0 Å². The van der Waals surface area contributed by atoms with E-state index >= 15 is 0 Å². The number of benzene rings is 1. The van der Waals surface area contributed by atoms with E-state index in [9.17, 15) is 0 Å². The van der Waals surface area contributed by atoms with Gasteiger partial charge in [-0.3, -0.25) is 0 Å². The fourth-order valence-corrected chi connectivity index (χ4v) is 0.342. The second-order valence-electron chi connectivity index (χ2n) is 1.08. The normalized spacial score (nSPS) is 4.36. The fourth-order valence-electron chi connectivity index (χ4n) is 0.342. The van der Waals surface area contributed by atoms with Crippen molar-refractivity contribution in [3.8, 4) is 0 Å². The average Bonchev–Trinajstić information content (AvgIpc) is 1.72. The van der Waals surface area contributed by atoms with Crippen molar-refractivity contribution in [2.45, 2.75) is 0 Å². The molecule has 0 bridgehead atoms. The molecule has 0 saturated carbocycles. The predicted octanol–water partition coefficient (Wildman–Crippen LogP) is -1.81. The molecule has 0 radical (unpaired) electrons. The van der Waals surface area contributed by atoms with Gasteiger partial charge in [-0.15, -0.1) is 0 Å². The van der Waals surface area contributed by atoms with E-state index in [0.29, 0.717) is 0 Å². The van der Waals surface area contributed by atoms with Crippen LogP contribution < -0.4 is 0 Å². The summed E-state index contributed by atoms with van der Waals surface area (Å²) in [5.74, 6) is 0. The van der Waals surface area contributed by atoms with Gasteiger partial charge >= 0.3 is 17.1 Å². The molecule has 0 atom stereocenters. The van der Waals surface area contributed by atoms with Gasteiger partial charge in [0.25, 0.3) is 0 Å². The minimum Gasteiger partial charge on any atom is -0.412 e.